The van der Waals surface area contributed by atoms with Gasteiger partial charge in [-0.3, -0.25) is 0 Å². The monoisotopic (exact) mass is 312 g/mol. The Labute approximate surface area is 125 Å². The summed E-state index contributed by atoms with van der Waals surface area (Å²) in [6, 6.07) is 1.44. The predicted molar refractivity (Wildman–Crippen MR) is 78.6 cm³/mol. The van der Waals surface area contributed by atoms with Gasteiger partial charge in [0.1, 0.15) is 11.9 Å². The molecule has 2 saturated heterocycles. The van der Waals surface area contributed by atoms with Gasteiger partial charge < -0.3 is 9.64 Å². The van der Waals surface area contributed by atoms with Crippen LogP contribution in [0.25, 0.3) is 0 Å². The largest absolute Gasteiger partial charge is 0.378 e. The average molecular weight is 312 g/mol. The third-order valence-electron chi connectivity index (χ3n) is 3.89. The van der Waals surface area contributed by atoms with Crippen LogP contribution >= 0.6 is 0 Å². The van der Waals surface area contributed by atoms with Crippen molar-refractivity contribution in [3.63, 3.8) is 0 Å². The van der Waals surface area contributed by atoms with Gasteiger partial charge in [0.05, 0.1) is 19.5 Å². The van der Waals surface area contributed by atoms with Crippen LogP contribution < -0.4 is 4.90 Å². The fourth-order valence-electron chi connectivity index (χ4n) is 2.84. The van der Waals surface area contributed by atoms with Crippen molar-refractivity contribution in [2.45, 2.75) is 18.9 Å². The van der Waals surface area contributed by atoms with Gasteiger partial charge in [-0.2, -0.15) is 4.31 Å². The Morgan fingerprint density at radius 3 is 2.76 bits per heavy atom. The second-order valence-electron chi connectivity index (χ2n) is 5.43. The minimum atomic E-state index is -3.30. The summed E-state index contributed by atoms with van der Waals surface area (Å²) in [7, 11) is -3.30. The van der Waals surface area contributed by atoms with Gasteiger partial charge >= 0.3 is 0 Å². The molecule has 0 spiro atoms. The highest BCUT2D eigenvalue weighted by atomic mass is 32.2. The molecule has 0 radical (unpaired) electrons. The lowest BCUT2D eigenvalue weighted by Gasteiger charge is -2.32. The van der Waals surface area contributed by atoms with E-state index in [2.05, 4.69) is 14.9 Å². The van der Waals surface area contributed by atoms with E-state index in [1.807, 2.05) is 6.07 Å². The van der Waals surface area contributed by atoms with E-state index >= 15 is 0 Å². The van der Waals surface area contributed by atoms with Crippen molar-refractivity contribution >= 4 is 15.8 Å². The summed E-state index contributed by atoms with van der Waals surface area (Å²) in [4.78, 5) is 11.1. The molecule has 0 aliphatic carbocycles. The van der Waals surface area contributed by atoms with Gasteiger partial charge in [-0.1, -0.05) is 0 Å². The SMILES string of the molecule is CS(=O)(=O)N1CCOC[C@@H]1c1nccc(N2CCCC2)n1. The van der Waals surface area contributed by atoms with Gasteiger partial charge in [0, 0.05) is 25.8 Å². The summed E-state index contributed by atoms with van der Waals surface area (Å²) in [6.07, 6.45) is 5.25. The van der Waals surface area contributed by atoms with Gasteiger partial charge in [-0.25, -0.2) is 18.4 Å². The highest BCUT2D eigenvalue weighted by molar-refractivity contribution is 7.88. The molecule has 0 N–H and O–H groups in total. The van der Waals surface area contributed by atoms with Crippen LogP contribution in [0.5, 0.6) is 0 Å². The van der Waals surface area contributed by atoms with Crippen LogP contribution in [0.15, 0.2) is 12.3 Å². The van der Waals surface area contributed by atoms with Crippen LogP contribution in [-0.2, 0) is 14.8 Å². The molecule has 3 heterocycles. The summed E-state index contributed by atoms with van der Waals surface area (Å²) in [5.41, 5.74) is 0. The van der Waals surface area contributed by atoms with Crippen LogP contribution in [0.1, 0.15) is 24.7 Å². The topological polar surface area (TPSA) is 75.6 Å². The smallest absolute Gasteiger partial charge is 0.212 e. The molecule has 1 aromatic rings. The van der Waals surface area contributed by atoms with E-state index in [0.29, 0.717) is 25.6 Å². The quantitative estimate of drug-likeness (QED) is 0.805. The summed E-state index contributed by atoms with van der Waals surface area (Å²) in [5, 5.41) is 0. The van der Waals surface area contributed by atoms with E-state index in [1.54, 1.807) is 6.20 Å². The Kier molecular flexibility index (Phi) is 4.10. The number of morpholine rings is 1. The van der Waals surface area contributed by atoms with Crippen molar-refractivity contribution < 1.29 is 13.2 Å². The maximum Gasteiger partial charge on any atom is 0.212 e. The first-order valence-electron chi connectivity index (χ1n) is 7.18. The van der Waals surface area contributed by atoms with E-state index in [1.165, 1.54) is 23.4 Å². The molecular weight excluding hydrogens is 292 g/mol. The number of aromatic nitrogens is 2. The highest BCUT2D eigenvalue weighted by Gasteiger charge is 2.33. The molecule has 116 valence electrons. The number of hydrogen-bond acceptors (Lipinski definition) is 6. The molecule has 7 nitrogen and oxygen atoms in total. The molecule has 0 saturated carbocycles. The normalized spacial score (nSPS) is 24.4. The van der Waals surface area contributed by atoms with E-state index in [-0.39, 0.29) is 0 Å². The third-order valence-corrected chi connectivity index (χ3v) is 5.18. The number of nitrogens with zero attached hydrogens (tertiary/aromatic N) is 4. The van der Waals surface area contributed by atoms with E-state index < -0.39 is 16.1 Å². The molecule has 1 aromatic heterocycles. The third kappa shape index (κ3) is 3.17. The fraction of sp³-hybridized carbons (Fsp3) is 0.692. The van der Waals surface area contributed by atoms with Crippen LogP contribution in [-0.4, -0.2) is 61.8 Å². The Morgan fingerprint density at radius 1 is 1.29 bits per heavy atom. The molecule has 0 aromatic carbocycles. The molecule has 1 atom stereocenters. The van der Waals surface area contributed by atoms with Crippen LogP contribution in [0, 0.1) is 0 Å². The van der Waals surface area contributed by atoms with Crippen molar-refractivity contribution in [1.82, 2.24) is 14.3 Å². The zero-order valence-corrected chi connectivity index (χ0v) is 12.9. The van der Waals surface area contributed by atoms with Gasteiger partial charge in [-0.15, -0.1) is 0 Å². The molecule has 3 rings (SSSR count). The minimum Gasteiger partial charge on any atom is -0.378 e. The number of sulfonamides is 1. The van der Waals surface area contributed by atoms with Crippen LogP contribution in [0.4, 0.5) is 5.82 Å². The minimum absolute atomic E-state index is 0.302. The Balaban J connectivity index is 1.89. The Bertz CT molecular complexity index is 601. The lowest BCUT2D eigenvalue weighted by Crippen LogP contribution is -2.43. The summed E-state index contributed by atoms with van der Waals surface area (Å²) >= 11 is 0. The molecule has 0 bridgehead atoms. The van der Waals surface area contributed by atoms with E-state index in [0.717, 1.165) is 18.9 Å². The molecule has 21 heavy (non-hydrogen) atoms. The predicted octanol–water partition coefficient (Wildman–Crippen LogP) is 0.410. The van der Waals surface area contributed by atoms with Crippen LogP contribution in [0.3, 0.4) is 0 Å². The number of hydrogen-bond donors (Lipinski definition) is 0. The van der Waals surface area contributed by atoms with E-state index in [9.17, 15) is 8.42 Å². The second-order valence-corrected chi connectivity index (χ2v) is 7.37. The number of ether oxygens (including phenoxy) is 1. The molecule has 0 unspecified atom stereocenters. The van der Waals surface area contributed by atoms with Gasteiger partial charge in [-0.05, 0) is 18.9 Å². The summed E-state index contributed by atoms with van der Waals surface area (Å²) in [6.45, 7) is 3.05. The lowest BCUT2D eigenvalue weighted by molar-refractivity contribution is 0.0293. The average Bonchev–Trinajstić information content (AvgIpc) is 3.01. The fourth-order valence-corrected chi connectivity index (χ4v) is 3.86. The zero-order valence-electron chi connectivity index (χ0n) is 12.1. The molecule has 2 aliphatic rings. The highest BCUT2D eigenvalue weighted by Crippen LogP contribution is 2.26. The van der Waals surface area contributed by atoms with Crippen molar-refractivity contribution in [2.75, 3.05) is 44.0 Å². The molecule has 2 aliphatic heterocycles. The Morgan fingerprint density at radius 2 is 2.05 bits per heavy atom. The first kappa shape index (κ1) is 14.7. The van der Waals surface area contributed by atoms with E-state index in [4.69, 9.17) is 4.74 Å². The first-order valence-corrected chi connectivity index (χ1v) is 9.03. The Hall–Kier alpha value is -1.25. The van der Waals surface area contributed by atoms with Gasteiger partial charge in [0.15, 0.2) is 5.82 Å². The van der Waals surface area contributed by atoms with Crippen molar-refractivity contribution in [2.24, 2.45) is 0 Å². The van der Waals surface area contributed by atoms with Crippen molar-refractivity contribution in [3.8, 4) is 0 Å². The van der Waals surface area contributed by atoms with Gasteiger partial charge in [0.25, 0.3) is 0 Å². The zero-order chi connectivity index (χ0) is 14.9. The maximum absolute atomic E-state index is 11.9. The standard InChI is InChI=1S/C13H20N4O3S/c1-21(18,19)17-8-9-20-10-11(17)13-14-5-4-12(15-13)16-6-2-3-7-16/h4-5,11H,2-3,6-10H2,1H3/t11-/m1/s1. The molecule has 8 heteroatoms. The summed E-state index contributed by atoms with van der Waals surface area (Å²) < 4.78 is 30.7. The van der Waals surface area contributed by atoms with Gasteiger partial charge in [0.2, 0.25) is 10.0 Å². The lowest BCUT2D eigenvalue weighted by atomic mass is 10.2. The van der Waals surface area contributed by atoms with Crippen molar-refractivity contribution in [3.05, 3.63) is 18.1 Å². The molecule has 0 amide bonds. The second kappa shape index (κ2) is 5.86. The molecule has 2 fully saturated rings. The molecular formula is C13H20N4O3S. The first-order chi connectivity index (χ1) is 10.1. The maximum atomic E-state index is 11.9. The van der Waals surface area contributed by atoms with Crippen molar-refractivity contribution in [1.29, 1.82) is 0 Å². The number of rotatable bonds is 3. The summed E-state index contributed by atoms with van der Waals surface area (Å²) in [5.74, 6) is 1.39. The van der Waals surface area contributed by atoms with Crippen LogP contribution in [0.2, 0.25) is 0 Å². The number of anilines is 1.